The van der Waals surface area contributed by atoms with Gasteiger partial charge < -0.3 is 23.5 Å². The average Bonchev–Trinajstić information content (AvgIpc) is 3.12. The summed E-state index contributed by atoms with van der Waals surface area (Å²) in [6.07, 6.45) is -0.709. The summed E-state index contributed by atoms with van der Waals surface area (Å²) < 4.78 is 54.6. The van der Waals surface area contributed by atoms with Gasteiger partial charge in [-0.2, -0.15) is 0 Å². The SMILES string of the molecule is C=CCC(C)(C)OC[C@H]1OP(=O)(Oc2ccccc2)O[C@@H]2[C@H]3OC(C)(C)O[C@H]3O[C@@H]21. The maximum absolute atomic E-state index is 13.5. The molecule has 0 N–H and O–H groups in total. The minimum atomic E-state index is -3.97. The molecular weight excluding hydrogens is 411 g/mol. The highest BCUT2D eigenvalue weighted by Gasteiger charge is 2.63. The maximum Gasteiger partial charge on any atom is 0.530 e. The molecule has 6 atom stereocenters. The number of fused-ring (bicyclic) bond motifs is 3. The van der Waals surface area contributed by atoms with Crippen LogP contribution in [0.1, 0.15) is 34.1 Å². The molecule has 1 aromatic carbocycles. The second-order valence-electron chi connectivity index (χ2n) is 8.70. The zero-order chi connectivity index (χ0) is 21.6. The van der Waals surface area contributed by atoms with Crippen LogP contribution in [0, 0.1) is 0 Å². The van der Waals surface area contributed by atoms with Gasteiger partial charge in [-0.15, -0.1) is 6.58 Å². The molecule has 4 rings (SSSR count). The summed E-state index contributed by atoms with van der Waals surface area (Å²) in [7, 11) is -3.97. The maximum atomic E-state index is 13.5. The Hall–Kier alpha value is -1.25. The van der Waals surface area contributed by atoms with E-state index in [0.717, 1.165) is 0 Å². The lowest BCUT2D eigenvalue weighted by atomic mass is 10.0. The van der Waals surface area contributed by atoms with Crippen molar-refractivity contribution in [3.8, 4) is 5.75 Å². The largest absolute Gasteiger partial charge is 0.530 e. The fourth-order valence-electron chi connectivity index (χ4n) is 3.82. The lowest BCUT2D eigenvalue weighted by Crippen LogP contribution is -2.49. The summed E-state index contributed by atoms with van der Waals surface area (Å²) in [5.74, 6) is -0.449. The molecule has 166 valence electrons. The van der Waals surface area contributed by atoms with E-state index in [2.05, 4.69) is 6.58 Å². The second kappa shape index (κ2) is 8.02. The molecule has 1 aromatic rings. The third kappa shape index (κ3) is 4.65. The Morgan fingerprint density at radius 1 is 1.13 bits per heavy atom. The van der Waals surface area contributed by atoms with Gasteiger partial charge in [0.2, 0.25) is 0 Å². The van der Waals surface area contributed by atoms with Crippen molar-refractivity contribution in [2.24, 2.45) is 0 Å². The zero-order valence-electron chi connectivity index (χ0n) is 17.7. The molecule has 3 heterocycles. The third-order valence-electron chi connectivity index (χ3n) is 5.14. The molecule has 0 bridgehead atoms. The molecular formula is C21H29O8P. The van der Waals surface area contributed by atoms with Crippen LogP contribution in [0.25, 0.3) is 0 Å². The van der Waals surface area contributed by atoms with Crippen molar-refractivity contribution in [1.82, 2.24) is 0 Å². The van der Waals surface area contributed by atoms with Crippen LogP contribution in [0.3, 0.4) is 0 Å². The molecule has 0 aliphatic carbocycles. The third-order valence-corrected chi connectivity index (χ3v) is 6.61. The number of hydrogen-bond acceptors (Lipinski definition) is 8. The number of benzene rings is 1. The molecule has 0 aromatic heterocycles. The molecule has 3 aliphatic heterocycles. The summed E-state index contributed by atoms with van der Waals surface area (Å²) in [4.78, 5) is 0. The van der Waals surface area contributed by atoms with Gasteiger partial charge in [-0.3, -0.25) is 9.05 Å². The Bertz CT molecular complexity index is 810. The predicted octanol–water partition coefficient (Wildman–Crippen LogP) is 4.21. The smallest absolute Gasteiger partial charge is 0.404 e. The first-order valence-electron chi connectivity index (χ1n) is 10.1. The van der Waals surface area contributed by atoms with Gasteiger partial charge in [0.1, 0.15) is 30.2 Å². The Balaban J connectivity index is 1.56. The average molecular weight is 440 g/mol. The van der Waals surface area contributed by atoms with Crippen LogP contribution in [-0.2, 0) is 32.6 Å². The van der Waals surface area contributed by atoms with Crippen molar-refractivity contribution in [1.29, 1.82) is 0 Å². The molecule has 1 unspecified atom stereocenters. The van der Waals surface area contributed by atoms with Crippen molar-refractivity contribution in [3.05, 3.63) is 43.0 Å². The number of phosphoric acid groups is 1. The Kier molecular flexibility index (Phi) is 5.87. The highest BCUT2D eigenvalue weighted by molar-refractivity contribution is 7.49. The van der Waals surface area contributed by atoms with E-state index in [4.69, 9.17) is 32.5 Å². The van der Waals surface area contributed by atoms with E-state index in [9.17, 15) is 4.57 Å². The highest BCUT2D eigenvalue weighted by atomic mass is 31.2. The molecule has 0 amide bonds. The summed E-state index contributed by atoms with van der Waals surface area (Å²) in [6, 6.07) is 8.75. The molecule has 3 fully saturated rings. The summed E-state index contributed by atoms with van der Waals surface area (Å²) >= 11 is 0. The van der Waals surface area contributed by atoms with Gasteiger partial charge >= 0.3 is 7.82 Å². The molecule has 30 heavy (non-hydrogen) atoms. The summed E-state index contributed by atoms with van der Waals surface area (Å²) in [5, 5.41) is 0. The molecule has 9 heteroatoms. The van der Waals surface area contributed by atoms with Crippen LogP contribution in [0.15, 0.2) is 43.0 Å². The lowest BCUT2D eigenvalue weighted by molar-refractivity contribution is -0.235. The molecule has 3 saturated heterocycles. The zero-order valence-corrected chi connectivity index (χ0v) is 18.6. The van der Waals surface area contributed by atoms with Crippen LogP contribution in [0.4, 0.5) is 0 Å². The molecule has 0 spiro atoms. The highest BCUT2D eigenvalue weighted by Crippen LogP contribution is 2.59. The van der Waals surface area contributed by atoms with Crippen LogP contribution in [0.2, 0.25) is 0 Å². The monoisotopic (exact) mass is 440 g/mol. The van der Waals surface area contributed by atoms with Crippen molar-refractivity contribution in [2.75, 3.05) is 6.61 Å². The fourth-order valence-corrected chi connectivity index (χ4v) is 5.38. The molecule has 3 aliphatic rings. The van der Waals surface area contributed by atoms with Gasteiger partial charge in [0.25, 0.3) is 0 Å². The number of ether oxygens (including phenoxy) is 4. The van der Waals surface area contributed by atoms with Gasteiger partial charge in [-0.25, -0.2) is 4.57 Å². The van der Waals surface area contributed by atoms with Crippen molar-refractivity contribution in [2.45, 2.75) is 76.2 Å². The molecule has 0 radical (unpaired) electrons. The van der Waals surface area contributed by atoms with E-state index in [-0.39, 0.29) is 6.61 Å². The van der Waals surface area contributed by atoms with E-state index in [1.807, 2.05) is 19.9 Å². The van der Waals surface area contributed by atoms with Crippen LogP contribution in [-0.4, -0.2) is 48.7 Å². The van der Waals surface area contributed by atoms with Gasteiger partial charge in [-0.1, -0.05) is 24.3 Å². The number of hydrogen-bond donors (Lipinski definition) is 0. The first kappa shape index (κ1) is 22.0. The van der Waals surface area contributed by atoms with Crippen LogP contribution in [0.5, 0.6) is 5.75 Å². The number of phosphoric ester groups is 1. The normalized spacial score (nSPS) is 37.4. The summed E-state index contributed by atoms with van der Waals surface area (Å²) in [6.45, 7) is 11.4. The second-order valence-corrected chi connectivity index (χ2v) is 10.2. The van der Waals surface area contributed by atoms with Crippen molar-refractivity contribution < 1.29 is 37.1 Å². The first-order chi connectivity index (χ1) is 14.1. The van der Waals surface area contributed by atoms with Gasteiger partial charge in [-0.05, 0) is 46.2 Å². The quantitative estimate of drug-likeness (QED) is 0.461. The van der Waals surface area contributed by atoms with E-state index in [1.54, 1.807) is 44.2 Å². The van der Waals surface area contributed by atoms with Gasteiger partial charge in [0, 0.05) is 0 Å². The van der Waals surface area contributed by atoms with Crippen molar-refractivity contribution in [3.63, 3.8) is 0 Å². The van der Waals surface area contributed by atoms with E-state index in [1.165, 1.54) is 0 Å². The minimum absolute atomic E-state index is 0.135. The van der Waals surface area contributed by atoms with E-state index >= 15 is 0 Å². The van der Waals surface area contributed by atoms with E-state index < -0.39 is 49.9 Å². The predicted molar refractivity (Wildman–Crippen MR) is 108 cm³/mol. The number of rotatable bonds is 7. The molecule has 8 nitrogen and oxygen atoms in total. The minimum Gasteiger partial charge on any atom is -0.404 e. The Labute approximate surface area is 177 Å². The Morgan fingerprint density at radius 3 is 2.57 bits per heavy atom. The lowest BCUT2D eigenvalue weighted by Gasteiger charge is -2.38. The van der Waals surface area contributed by atoms with Crippen LogP contribution < -0.4 is 4.52 Å². The summed E-state index contributed by atoms with van der Waals surface area (Å²) in [5.41, 5.74) is -0.466. The van der Waals surface area contributed by atoms with E-state index in [0.29, 0.717) is 12.2 Å². The molecule has 0 saturated carbocycles. The first-order valence-corrected chi connectivity index (χ1v) is 11.5. The van der Waals surface area contributed by atoms with Gasteiger partial charge in [0.15, 0.2) is 12.1 Å². The van der Waals surface area contributed by atoms with Crippen molar-refractivity contribution >= 4 is 7.82 Å². The standard InChI is InChI=1S/C21H29O8P/c1-6-12-20(2,3)23-13-15-16-17(18-19(24-16)26-21(4,5)25-18)29-30(22,28-15)27-14-10-8-7-9-11-14/h6-11,15-19H,1,12-13H2,2-5H3/t15-,16-,17+,18-,19-,30?/m1/s1. The topological polar surface area (TPSA) is 81.7 Å². The van der Waals surface area contributed by atoms with Gasteiger partial charge in [0.05, 0.1) is 12.2 Å². The number of para-hydroxylation sites is 1. The fraction of sp³-hybridized carbons (Fsp3) is 0.619. The van der Waals surface area contributed by atoms with Crippen LogP contribution >= 0.6 is 7.82 Å². The Morgan fingerprint density at radius 2 is 1.87 bits per heavy atom.